The van der Waals surface area contributed by atoms with Gasteiger partial charge < -0.3 is 14.6 Å². The average Bonchev–Trinajstić information content (AvgIpc) is 2.77. The number of benzene rings is 2. The van der Waals surface area contributed by atoms with Crippen LogP contribution < -0.4 is 9.47 Å². The monoisotopic (exact) mass is 318 g/mol. The van der Waals surface area contributed by atoms with Gasteiger partial charge in [0, 0.05) is 16.5 Å². The highest BCUT2D eigenvalue weighted by molar-refractivity contribution is 7.95. The van der Waals surface area contributed by atoms with Gasteiger partial charge in [0.2, 0.25) is 9.84 Å². The Balaban J connectivity index is 1.91. The first-order chi connectivity index (χ1) is 10.5. The fourth-order valence-electron chi connectivity index (χ4n) is 2.39. The van der Waals surface area contributed by atoms with Crippen molar-refractivity contribution >= 4 is 15.4 Å². The van der Waals surface area contributed by atoms with Crippen LogP contribution in [0.3, 0.4) is 0 Å². The topological polar surface area (TPSA) is 72.8 Å². The van der Waals surface area contributed by atoms with E-state index in [-0.39, 0.29) is 17.3 Å². The van der Waals surface area contributed by atoms with E-state index in [2.05, 4.69) is 0 Å². The van der Waals surface area contributed by atoms with E-state index in [4.69, 9.17) is 9.47 Å². The molecular formula is C16H14O5S. The van der Waals surface area contributed by atoms with Crippen molar-refractivity contribution in [1.82, 2.24) is 0 Å². The average molecular weight is 318 g/mol. The molecule has 1 aliphatic heterocycles. The molecule has 1 N–H and O–H groups in total. The Morgan fingerprint density at radius 3 is 2.50 bits per heavy atom. The highest BCUT2D eigenvalue weighted by atomic mass is 32.2. The van der Waals surface area contributed by atoms with Gasteiger partial charge in [0.1, 0.15) is 17.3 Å². The number of aromatic hydroxyl groups is 1. The largest absolute Gasteiger partial charge is 0.507 e. The summed E-state index contributed by atoms with van der Waals surface area (Å²) >= 11 is 0. The normalized spacial score (nSPS) is 15.0. The van der Waals surface area contributed by atoms with Crippen molar-refractivity contribution in [3.05, 3.63) is 53.4 Å². The lowest BCUT2D eigenvalue weighted by atomic mass is 10.1. The maximum absolute atomic E-state index is 12.1. The van der Waals surface area contributed by atoms with Gasteiger partial charge in [-0.3, -0.25) is 0 Å². The van der Waals surface area contributed by atoms with E-state index in [1.165, 1.54) is 13.2 Å². The first-order valence-electron chi connectivity index (χ1n) is 6.57. The van der Waals surface area contributed by atoms with Crippen LogP contribution in [0.25, 0.3) is 5.57 Å². The highest BCUT2D eigenvalue weighted by Crippen LogP contribution is 2.39. The summed E-state index contributed by atoms with van der Waals surface area (Å²) in [5.41, 5.74) is 0.965. The second-order valence-electron chi connectivity index (χ2n) is 4.78. The van der Waals surface area contributed by atoms with Gasteiger partial charge in [-0.25, -0.2) is 8.42 Å². The third-order valence-corrected chi connectivity index (χ3v) is 4.97. The summed E-state index contributed by atoms with van der Waals surface area (Å²) in [6, 6.07) is 11.7. The zero-order chi connectivity index (χ0) is 15.7. The number of phenolic OH excluding ortho intramolecular Hbond substituents is 1. The maximum Gasteiger partial charge on any atom is 0.204 e. The molecule has 2 aromatic rings. The zero-order valence-corrected chi connectivity index (χ0v) is 12.6. The number of phenols is 1. The van der Waals surface area contributed by atoms with Crippen molar-refractivity contribution in [1.29, 1.82) is 0 Å². The molecule has 0 saturated heterocycles. The quantitative estimate of drug-likeness (QED) is 0.938. The molecule has 0 aliphatic carbocycles. The Kier molecular flexibility index (Phi) is 3.54. The summed E-state index contributed by atoms with van der Waals surface area (Å²) in [7, 11) is -2.09. The maximum atomic E-state index is 12.1. The molecule has 0 fully saturated rings. The third kappa shape index (κ3) is 2.42. The van der Waals surface area contributed by atoms with Crippen LogP contribution in [0.1, 0.15) is 5.56 Å². The van der Waals surface area contributed by atoms with Crippen molar-refractivity contribution in [2.24, 2.45) is 0 Å². The fraction of sp³-hybridized carbons (Fsp3) is 0.125. The van der Waals surface area contributed by atoms with Crippen molar-refractivity contribution in [3.8, 4) is 17.2 Å². The Hall–Kier alpha value is -2.47. The predicted molar refractivity (Wildman–Crippen MR) is 81.8 cm³/mol. The molecule has 22 heavy (non-hydrogen) atoms. The van der Waals surface area contributed by atoms with Crippen LogP contribution in [0.2, 0.25) is 0 Å². The van der Waals surface area contributed by atoms with Crippen LogP contribution in [0, 0.1) is 0 Å². The smallest absolute Gasteiger partial charge is 0.204 e. The van der Waals surface area contributed by atoms with E-state index >= 15 is 0 Å². The summed E-state index contributed by atoms with van der Waals surface area (Å²) < 4.78 is 35.1. The molecule has 2 aromatic carbocycles. The lowest BCUT2D eigenvalue weighted by Gasteiger charge is -2.11. The SMILES string of the molecule is COc1ccccc1OCC1=CS(=O)(=O)c2c(O)cccc21. The molecule has 3 rings (SSSR count). The summed E-state index contributed by atoms with van der Waals surface area (Å²) in [5, 5.41) is 10.9. The van der Waals surface area contributed by atoms with Crippen molar-refractivity contribution in [2.45, 2.75) is 4.90 Å². The van der Waals surface area contributed by atoms with Crippen LogP contribution in [0.4, 0.5) is 0 Å². The van der Waals surface area contributed by atoms with Crippen molar-refractivity contribution < 1.29 is 23.0 Å². The molecule has 0 amide bonds. The number of methoxy groups -OCH3 is 1. The van der Waals surface area contributed by atoms with Crippen LogP contribution in [0.15, 0.2) is 52.8 Å². The van der Waals surface area contributed by atoms with Gasteiger partial charge in [0.25, 0.3) is 0 Å². The molecule has 5 nitrogen and oxygen atoms in total. The number of para-hydroxylation sites is 2. The van der Waals surface area contributed by atoms with Crippen LogP contribution in [0.5, 0.6) is 17.2 Å². The number of fused-ring (bicyclic) bond motifs is 1. The van der Waals surface area contributed by atoms with E-state index in [0.29, 0.717) is 22.6 Å². The molecule has 0 aromatic heterocycles. The second kappa shape index (κ2) is 5.38. The lowest BCUT2D eigenvalue weighted by molar-refractivity contribution is 0.330. The van der Waals surface area contributed by atoms with Crippen LogP contribution >= 0.6 is 0 Å². The highest BCUT2D eigenvalue weighted by Gasteiger charge is 2.30. The molecule has 0 atom stereocenters. The minimum atomic E-state index is -3.63. The lowest BCUT2D eigenvalue weighted by Crippen LogP contribution is -2.01. The third-order valence-electron chi connectivity index (χ3n) is 3.37. The molecule has 0 saturated carbocycles. The number of hydrogen-bond donors (Lipinski definition) is 1. The molecule has 0 spiro atoms. The molecule has 0 bridgehead atoms. The summed E-state index contributed by atoms with van der Waals surface area (Å²) in [6.45, 7) is 0.0655. The van der Waals surface area contributed by atoms with Gasteiger partial charge in [-0.2, -0.15) is 0 Å². The number of rotatable bonds is 4. The van der Waals surface area contributed by atoms with Crippen molar-refractivity contribution in [3.63, 3.8) is 0 Å². The first kappa shape index (κ1) is 14.5. The summed E-state index contributed by atoms with van der Waals surface area (Å²) in [4.78, 5) is -0.0615. The minimum Gasteiger partial charge on any atom is -0.507 e. The number of sulfone groups is 1. The van der Waals surface area contributed by atoms with Gasteiger partial charge >= 0.3 is 0 Å². The summed E-state index contributed by atoms with van der Waals surface area (Å²) in [6.07, 6.45) is 0. The van der Waals surface area contributed by atoms with E-state index in [1.54, 1.807) is 30.3 Å². The Bertz CT molecular complexity index is 853. The van der Waals surface area contributed by atoms with Gasteiger partial charge in [0.05, 0.1) is 7.11 Å². The minimum absolute atomic E-state index is 0.0615. The molecule has 1 heterocycles. The molecule has 0 unspecified atom stereocenters. The fourth-order valence-corrected chi connectivity index (χ4v) is 3.94. The van der Waals surface area contributed by atoms with E-state index in [1.807, 2.05) is 6.07 Å². The second-order valence-corrected chi connectivity index (χ2v) is 6.52. The van der Waals surface area contributed by atoms with E-state index in [9.17, 15) is 13.5 Å². The van der Waals surface area contributed by atoms with E-state index in [0.717, 1.165) is 5.41 Å². The van der Waals surface area contributed by atoms with Gasteiger partial charge in [-0.15, -0.1) is 0 Å². The molecule has 0 radical (unpaired) electrons. The van der Waals surface area contributed by atoms with Gasteiger partial charge in [0.15, 0.2) is 11.5 Å². The molecule has 6 heteroatoms. The van der Waals surface area contributed by atoms with Gasteiger partial charge in [-0.1, -0.05) is 24.3 Å². The van der Waals surface area contributed by atoms with Gasteiger partial charge in [-0.05, 0) is 18.2 Å². The Morgan fingerprint density at radius 1 is 1.05 bits per heavy atom. The Labute approximate surface area is 128 Å². The number of ether oxygens (including phenoxy) is 2. The van der Waals surface area contributed by atoms with E-state index < -0.39 is 9.84 Å². The summed E-state index contributed by atoms with van der Waals surface area (Å²) in [5.74, 6) is 0.845. The molecular weight excluding hydrogens is 304 g/mol. The Morgan fingerprint density at radius 2 is 1.77 bits per heavy atom. The van der Waals surface area contributed by atoms with Crippen LogP contribution in [-0.4, -0.2) is 27.2 Å². The number of hydrogen-bond acceptors (Lipinski definition) is 5. The molecule has 1 aliphatic rings. The standard InChI is InChI=1S/C16H14O5S/c1-20-14-7-2-3-8-15(14)21-9-11-10-22(18,19)16-12(11)5-4-6-13(16)17/h2-8,10,17H,9H2,1H3. The molecule has 114 valence electrons. The first-order valence-corrected chi connectivity index (χ1v) is 8.11. The zero-order valence-electron chi connectivity index (χ0n) is 11.8. The van der Waals surface area contributed by atoms with Crippen molar-refractivity contribution in [2.75, 3.05) is 13.7 Å². The van der Waals surface area contributed by atoms with Crippen LogP contribution in [-0.2, 0) is 9.84 Å². The predicted octanol–water partition coefficient (Wildman–Crippen LogP) is 2.61.